The highest BCUT2D eigenvalue weighted by atomic mass is 31.2. The van der Waals surface area contributed by atoms with Crippen molar-refractivity contribution in [3.05, 3.63) is 0 Å². The topological polar surface area (TPSA) is 90.9 Å². The summed E-state index contributed by atoms with van der Waals surface area (Å²) in [6, 6.07) is 0. The van der Waals surface area contributed by atoms with Gasteiger partial charge in [-0.3, -0.25) is 4.52 Å². The summed E-state index contributed by atoms with van der Waals surface area (Å²) in [5.74, 6) is 0. The predicted molar refractivity (Wildman–Crippen MR) is 82.7 cm³/mol. The van der Waals surface area contributed by atoms with Crippen LogP contribution in [0.1, 0.15) is 71.1 Å². The normalized spacial score (nSPS) is 22.7. The Morgan fingerprint density at radius 2 is 1.50 bits per heavy atom. The van der Waals surface area contributed by atoms with Gasteiger partial charge in [-0.2, -0.15) is 0 Å². The monoisotopic (exact) mass is 372 g/mol. The number of unbranched alkanes of at least 4 members (excludes halogenated alkanes) is 9. The lowest BCUT2D eigenvalue weighted by atomic mass is 10.1. The van der Waals surface area contributed by atoms with E-state index in [4.69, 9.17) is 9.41 Å². The fraction of sp³-hybridized carbons (Fsp3) is 1.00. The van der Waals surface area contributed by atoms with Crippen molar-refractivity contribution < 1.29 is 43.3 Å². The summed E-state index contributed by atoms with van der Waals surface area (Å²) in [7, 11) is -4.02. The highest BCUT2D eigenvalue weighted by Gasteiger charge is 2.32. The van der Waals surface area contributed by atoms with E-state index in [1.165, 1.54) is 44.9 Å². The van der Waals surface area contributed by atoms with E-state index in [-0.39, 0.29) is 19.8 Å². The number of hydrogen-bond donors (Lipinski definition) is 0. The molecule has 0 bridgehead atoms. The molecule has 0 aromatic carbocycles. The Hall–Kier alpha value is -0.0900. The minimum Gasteiger partial charge on any atom is -0.281 e. The standard InChI is InChI=1S/C14H29O9P/c1-2-3-4-5-6-7-8-9-10-11-12-17-22-24(15)18-14-13-16-19-20-21-23-24/h2-14H2,1H3. The van der Waals surface area contributed by atoms with Crippen molar-refractivity contribution in [2.75, 3.05) is 19.8 Å². The summed E-state index contributed by atoms with van der Waals surface area (Å²) < 4.78 is 25.7. The van der Waals surface area contributed by atoms with Gasteiger partial charge in [-0.25, -0.2) is 14.3 Å². The van der Waals surface area contributed by atoms with E-state index in [2.05, 4.69) is 36.3 Å². The highest BCUT2D eigenvalue weighted by molar-refractivity contribution is 7.48. The van der Waals surface area contributed by atoms with Gasteiger partial charge < -0.3 is 0 Å². The first kappa shape index (κ1) is 22.0. The van der Waals surface area contributed by atoms with Crippen LogP contribution in [0.2, 0.25) is 0 Å². The molecule has 0 aromatic heterocycles. The largest absolute Gasteiger partial charge is 0.531 e. The van der Waals surface area contributed by atoms with Gasteiger partial charge in [0.25, 0.3) is 0 Å². The third kappa shape index (κ3) is 12.3. The fourth-order valence-electron chi connectivity index (χ4n) is 2.10. The lowest BCUT2D eigenvalue weighted by Crippen LogP contribution is -2.04. The van der Waals surface area contributed by atoms with Gasteiger partial charge in [-0.05, 0) is 21.5 Å². The molecule has 0 N–H and O–H groups in total. The van der Waals surface area contributed by atoms with Crippen LogP contribution in [0.4, 0.5) is 0 Å². The van der Waals surface area contributed by atoms with Gasteiger partial charge in [0.15, 0.2) is 0 Å². The first-order chi connectivity index (χ1) is 11.8. The molecule has 1 aliphatic heterocycles. The van der Waals surface area contributed by atoms with Gasteiger partial charge in [0.1, 0.15) is 6.61 Å². The lowest BCUT2D eigenvalue weighted by Gasteiger charge is -2.12. The van der Waals surface area contributed by atoms with Crippen LogP contribution in [0.15, 0.2) is 0 Å². The van der Waals surface area contributed by atoms with E-state index in [9.17, 15) is 4.57 Å². The molecule has 9 nitrogen and oxygen atoms in total. The highest BCUT2D eigenvalue weighted by Crippen LogP contribution is 2.50. The van der Waals surface area contributed by atoms with Crippen LogP contribution < -0.4 is 0 Å². The summed E-state index contributed by atoms with van der Waals surface area (Å²) in [4.78, 5) is 9.25. The molecule has 1 unspecified atom stereocenters. The van der Waals surface area contributed by atoms with Crippen molar-refractivity contribution in [1.29, 1.82) is 0 Å². The van der Waals surface area contributed by atoms with Gasteiger partial charge in [-0.1, -0.05) is 69.4 Å². The zero-order chi connectivity index (χ0) is 17.3. The van der Waals surface area contributed by atoms with Crippen molar-refractivity contribution in [3.63, 3.8) is 0 Å². The van der Waals surface area contributed by atoms with Crippen LogP contribution in [-0.4, -0.2) is 19.8 Å². The van der Waals surface area contributed by atoms with Crippen LogP contribution in [0.3, 0.4) is 0 Å². The van der Waals surface area contributed by atoms with Gasteiger partial charge in [-0.15, -0.1) is 4.67 Å². The average Bonchev–Trinajstić information content (AvgIpc) is 2.68. The quantitative estimate of drug-likeness (QED) is 0.197. The fourth-order valence-corrected chi connectivity index (χ4v) is 2.82. The Morgan fingerprint density at radius 1 is 0.833 bits per heavy atom. The Morgan fingerprint density at radius 3 is 2.21 bits per heavy atom. The molecular weight excluding hydrogens is 343 g/mol. The molecule has 0 radical (unpaired) electrons. The Bertz CT molecular complexity index is 315. The summed E-state index contributed by atoms with van der Waals surface area (Å²) in [5.41, 5.74) is 0. The average molecular weight is 372 g/mol. The molecule has 1 fully saturated rings. The van der Waals surface area contributed by atoms with Crippen LogP contribution in [0.25, 0.3) is 0 Å². The predicted octanol–water partition coefficient (Wildman–Crippen LogP) is 4.74. The molecule has 0 aromatic rings. The maximum Gasteiger partial charge on any atom is 0.531 e. The van der Waals surface area contributed by atoms with Crippen LogP contribution in [0, 0.1) is 0 Å². The van der Waals surface area contributed by atoms with Gasteiger partial charge in [0.05, 0.1) is 13.2 Å². The summed E-state index contributed by atoms with van der Waals surface area (Å²) in [6.45, 7) is 2.36. The summed E-state index contributed by atoms with van der Waals surface area (Å²) in [5, 5.41) is 11.9. The Labute approximate surface area is 143 Å². The molecule has 0 aliphatic carbocycles. The molecule has 1 aliphatic rings. The number of hydrogen-bond acceptors (Lipinski definition) is 9. The van der Waals surface area contributed by atoms with E-state index < -0.39 is 7.82 Å². The van der Waals surface area contributed by atoms with Crippen molar-refractivity contribution in [3.8, 4) is 0 Å². The second-order valence-corrected chi connectivity index (χ2v) is 6.91. The minimum atomic E-state index is -4.02. The molecule has 10 heteroatoms. The summed E-state index contributed by atoms with van der Waals surface area (Å²) in [6.07, 6.45) is 12.1. The number of phosphoric acid groups is 1. The molecule has 24 heavy (non-hydrogen) atoms. The lowest BCUT2D eigenvalue weighted by molar-refractivity contribution is -0.692. The molecule has 0 saturated carbocycles. The van der Waals surface area contributed by atoms with Crippen molar-refractivity contribution in [2.24, 2.45) is 0 Å². The summed E-state index contributed by atoms with van der Waals surface area (Å²) >= 11 is 0. The molecule has 1 heterocycles. The Kier molecular flexibility index (Phi) is 13.9. The van der Waals surface area contributed by atoms with E-state index in [0.717, 1.165) is 19.3 Å². The van der Waals surface area contributed by atoms with Crippen molar-refractivity contribution in [2.45, 2.75) is 71.1 Å². The molecule has 1 atom stereocenters. The Balaban J connectivity index is 1.92. The van der Waals surface area contributed by atoms with E-state index in [1.807, 2.05) is 0 Å². The molecule has 1 saturated heterocycles. The maximum absolute atomic E-state index is 11.9. The van der Waals surface area contributed by atoms with Gasteiger partial charge in [0, 0.05) is 0 Å². The molecule has 144 valence electrons. The minimum absolute atomic E-state index is 0.0431. The zero-order valence-corrected chi connectivity index (χ0v) is 15.2. The third-order valence-corrected chi connectivity index (χ3v) is 4.40. The third-order valence-electron chi connectivity index (χ3n) is 3.37. The molecule has 0 spiro atoms. The van der Waals surface area contributed by atoms with Crippen molar-refractivity contribution in [1.82, 2.24) is 0 Å². The second kappa shape index (κ2) is 15.2. The van der Waals surface area contributed by atoms with E-state index in [1.54, 1.807) is 0 Å². The van der Waals surface area contributed by atoms with Crippen molar-refractivity contribution >= 4 is 7.82 Å². The SMILES string of the molecule is CCCCCCCCCCCCOOP1(=O)OCCOOOOO1. The van der Waals surface area contributed by atoms with Gasteiger partial charge >= 0.3 is 7.82 Å². The maximum atomic E-state index is 11.9. The molecule has 1 rings (SSSR count). The zero-order valence-electron chi connectivity index (χ0n) is 14.3. The van der Waals surface area contributed by atoms with Crippen LogP contribution in [0.5, 0.6) is 0 Å². The first-order valence-corrected chi connectivity index (χ1v) is 10.1. The van der Waals surface area contributed by atoms with Crippen LogP contribution in [-0.2, 0) is 43.3 Å². The molecular formula is C14H29O9P. The van der Waals surface area contributed by atoms with E-state index in [0.29, 0.717) is 0 Å². The number of rotatable bonds is 13. The van der Waals surface area contributed by atoms with Gasteiger partial charge in [0.2, 0.25) is 0 Å². The molecule has 0 amide bonds. The van der Waals surface area contributed by atoms with Crippen LogP contribution >= 0.6 is 7.82 Å². The first-order valence-electron chi connectivity index (χ1n) is 8.64. The van der Waals surface area contributed by atoms with E-state index >= 15 is 0 Å². The smallest absolute Gasteiger partial charge is 0.281 e. The second-order valence-electron chi connectivity index (χ2n) is 5.46.